The quantitative estimate of drug-likeness (QED) is 0.821. The molecule has 0 aliphatic rings. The molecule has 0 unspecified atom stereocenters. The molecule has 0 atom stereocenters. The van der Waals surface area contributed by atoms with Crippen molar-refractivity contribution in [2.45, 2.75) is 18.7 Å². The van der Waals surface area contributed by atoms with Crippen LogP contribution in [0.3, 0.4) is 0 Å². The lowest BCUT2D eigenvalue weighted by Gasteiger charge is -2.07. The Kier molecular flexibility index (Phi) is 3.19. The van der Waals surface area contributed by atoms with Crippen molar-refractivity contribution < 1.29 is 13.9 Å². The number of nitrogens with zero attached hydrogens (tertiary/aromatic N) is 1. The Balaban J connectivity index is 3.22. The molecule has 0 fully saturated rings. The molecule has 1 rings (SSSR count). The second kappa shape index (κ2) is 4.00. The molecule has 1 aromatic rings. The lowest BCUT2D eigenvalue weighted by atomic mass is 10.2. The van der Waals surface area contributed by atoms with Crippen molar-refractivity contribution in [1.29, 1.82) is 0 Å². The topological polar surface area (TPSA) is 33.1 Å². The van der Waals surface area contributed by atoms with E-state index in [1.165, 1.54) is 13.0 Å². The molecule has 5 heteroatoms. The van der Waals surface area contributed by atoms with E-state index in [0.717, 1.165) is 0 Å². The van der Waals surface area contributed by atoms with Crippen LogP contribution in [0, 0.1) is 6.92 Å². The molecule has 0 spiro atoms. The summed E-state index contributed by atoms with van der Waals surface area (Å²) in [5, 5.41) is 9.52. The highest BCUT2D eigenvalue weighted by Crippen LogP contribution is 2.26. The highest BCUT2D eigenvalue weighted by atomic mass is 79.9. The fourth-order valence-electron chi connectivity index (χ4n) is 0.972. The fraction of sp³-hybridized carbons (Fsp3) is 0.375. The smallest absolute Gasteiger partial charge is 0.280 e. The van der Waals surface area contributed by atoms with Gasteiger partial charge in [0.2, 0.25) is 0 Å². The predicted octanol–water partition coefficient (Wildman–Crippen LogP) is 2.93. The van der Waals surface area contributed by atoms with Gasteiger partial charge in [-0.1, -0.05) is 15.9 Å². The van der Waals surface area contributed by atoms with E-state index in [-0.39, 0.29) is 22.5 Å². The number of aromatic nitrogens is 1. The number of rotatable bonds is 2. The molecule has 1 N–H and O–H groups in total. The van der Waals surface area contributed by atoms with E-state index in [4.69, 9.17) is 0 Å². The van der Waals surface area contributed by atoms with Crippen LogP contribution in [0.4, 0.5) is 8.78 Å². The Morgan fingerprint density at radius 3 is 2.69 bits per heavy atom. The van der Waals surface area contributed by atoms with Gasteiger partial charge in [0, 0.05) is 5.33 Å². The summed E-state index contributed by atoms with van der Waals surface area (Å²) >= 11 is 3.05. The summed E-state index contributed by atoms with van der Waals surface area (Å²) in [4.78, 5) is 3.64. The maximum Gasteiger partial charge on any atom is 0.280 e. The summed E-state index contributed by atoms with van der Waals surface area (Å²) in [6.07, 6.45) is -2.60. The van der Waals surface area contributed by atoms with Crippen molar-refractivity contribution in [3.63, 3.8) is 0 Å². The summed E-state index contributed by atoms with van der Waals surface area (Å²) in [5.74, 6) is -0.0567. The Morgan fingerprint density at radius 1 is 1.62 bits per heavy atom. The SMILES string of the molecule is Cc1cc(O)c(CBr)nc1C(F)F. The average Bonchev–Trinajstić information content (AvgIpc) is 2.03. The molecule has 0 saturated carbocycles. The number of aromatic hydroxyl groups is 1. The normalized spacial score (nSPS) is 10.8. The zero-order valence-electron chi connectivity index (χ0n) is 6.89. The highest BCUT2D eigenvalue weighted by molar-refractivity contribution is 9.08. The van der Waals surface area contributed by atoms with Gasteiger partial charge in [-0.2, -0.15) is 0 Å². The van der Waals surface area contributed by atoms with E-state index in [1.807, 2.05) is 0 Å². The van der Waals surface area contributed by atoms with Gasteiger partial charge in [-0.3, -0.25) is 0 Å². The van der Waals surface area contributed by atoms with Gasteiger partial charge in [-0.15, -0.1) is 0 Å². The summed E-state index contributed by atoms with van der Waals surface area (Å²) in [6.45, 7) is 1.49. The summed E-state index contributed by atoms with van der Waals surface area (Å²) in [7, 11) is 0. The minimum atomic E-state index is -2.60. The van der Waals surface area contributed by atoms with Gasteiger partial charge in [0.15, 0.2) is 0 Å². The lowest BCUT2D eigenvalue weighted by Crippen LogP contribution is -1.98. The second-order valence-corrected chi connectivity index (χ2v) is 3.15. The largest absolute Gasteiger partial charge is 0.506 e. The Bertz CT molecular complexity index is 317. The van der Waals surface area contributed by atoms with Crippen LogP contribution in [0.5, 0.6) is 5.75 Å². The third-order valence-electron chi connectivity index (χ3n) is 1.64. The minimum absolute atomic E-state index is 0.0567. The number of hydrogen-bond acceptors (Lipinski definition) is 2. The molecule has 2 nitrogen and oxygen atoms in total. The van der Waals surface area contributed by atoms with Crippen molar-refractivity contribution in [2.75, 3.05) is 0 Å². The molecular weight excluding hydrogens is 244 g/mol. The van der Waals surface area contributed by atoms with Crippen LogP contribution >= 0.6 is 15.9 Å². The van der Waals surface area contributed by atoms with Crippen LogP contribution < -0.4 is 0 Å². The zero-order chi connectivity index (χ0) is 10.0. The molecule has 72 valence electrons. The van der Waals surface area contributed by atoms with Crippen LogP contribution in [0.1, 0.15) is 23.4 Å². The Hall–Kier alpha value is -0.710. The van der Waals surface area contributed by atoms with Crippen molar-refractivity contribution >= 4 is 15.9 Å². The molecule has 0 aliphatic heterocycles. The Labute approximate surface area is 82.7 Å². The first-order valence-electron chi connectivity index (χ1n) is 3.59. The first-order chi connectivity index (χ1) is 6.06. The number of aryl methyl sites for hydroxylation is 1. The maximum atomic E-state index is 12.3. The summed E-state index contributed by atoms with van der Waals surface area (Å²) in [6, 6.07) is 1.30. The van der Waals surface area contributed by atoms with E-state index < -0.39 is 6.43 Å². The number of hydrogen-bond donors (Lipinski definition) is 1. The molecule has 0 amide bonds. The van der Waals surface area contributed by atoms with E-state index in [0.29, 0.717) is 5.56 Å². The van der Waals surface area contributed by atoms with E-state index in [9.17, 15) is 13.9 Å². The van der Waals surface area contributed by atoms with Gasteiger partial charge in [0.05, 0.1) is 5.69 Å². The molecule has 1 heterocycles. The first kappa shape index (κ1) is 10.4. The molecule has 0 bridgehead atoms. The minimum Gasteiger partial charge on any atom is -0.506 e. The highest BCUT2D eigenvalue weighted by Gasteiger charge is 2.15. The number of pyridine rings is 1. The van der Waals surface area contributed by atoms with Crippen molar-refractivity contribution in [3.05, 3.63) is 23.0 Å². The Morgan fingerprint density at radius 2 is 2.23 bits per heavy atom. The third-order valence-corrected chi connectivity index (χ3v) is 2.17. The van der Waals surface area contributed by atoms with Crippen LogP contribution in [-0.2, 0) is 5.33 Å². The molecule has 1 aromatic heterocycles. The van der Waals surface area contributed by atoms with Crippen LogP contribution in [0.25, 0.3) is 0 Å². The molecule has 0 saturated heterocycles. The average molecular weight is 252 g/mol. The van der Waals surface area contributed by atoms with Crippen LogP contribution in [-0.4, -0.2) is 10.1 Å². The van der Waals surface area contributed by atoms with Crippen LogP contribution in [0.15, 0.2) is 6.07 Å². The summed E-state index contributed by atoms with van der Waals surface area (Å²) < 4.78 is 24.6. The second-order valence-electron chi connectivity index (χ2n) is 2.59. The first-order valence-corrected chi connectivity index (χ1v) is 4.72. The maximum absolute atomic E-state index is 12.3. The van der Waals surface area contributed by atoms with Gasteiger partial charge in [0.25, 0.3) is 6.43 Å². The molecule has 13 heavy (non-hydrogen) atoms. The molecular formula is C8H8BrF2NO. The zero-order valence-corrected chi connectivity index (χ0v) is 8.48. The third kappa shape index (κ3) is 2.15. The summed E-state index contributed by atoms with van der Waals surface area (Å²) in [5.41, 5.74) is 0.269. The van der Waals surface area contributed by atoms with E-state index in [2.05, 4.69) is 20.9 Å². The van der Waals surface area contributed by atoms with Gasteiger partial charge in [-0.05, 0) is 18.6 Å². The molecule has 0 aromatic carbocycles. The van der Waals surface area contributed by atoms with E-state index >= 15 is 0 Å². The lowest BCUT2D eigenvalue weighted by molar-refractivity contribution is 0.145. The van der Waals surface area contributed by atoms with Crippen LogP contribution in [0.2, 0.25) is 0 Å². The van der Waals surface area contributed by atoms with Gasteiger partial charge in [0.1, 0.15) is 11.4 Å². The van der Waals surface area contributed by atoms with Crippen molar-refractivity contribution in [3.8, 4) is 5.75 Å². The van der Waals surface area contributed by atoms with E-state index in [1.54, 1.807) is 0 Å². The number of halogens is 3. The van der Waals surface area contributed by atoms with Gasteiger partial charge in [-0.25, -0.2) is 13.8 Å². The van der Waals surface area contributed by atoms with Gasteiger partial charge >= 0.3 is 0 Å². The number of alkyl halides is 3. The standard InChI is InChI=1S/C8H8BrF2NO/c1-4-2-6(13)5(3-9)12-7(4)8(10)11/h2,8,13H,3H2,1H3. The monoisotopic (exact) mass is 251 g/mol. The van der Waals surface area contributed by atoms with Crippen molar-refractivity contribution in [2.24, 2.45) is 0 Å². The van der Waals surface area contributed by atoms with Gasteiger partial charge < -0.3 is 5.11 Å². The fourth-order valence-corrected chi connectivity index (χ4v) is 1.39. The van der Waals surface area contributed by atoms with Crippen molar-refractivity contribution in [1.82, 2.24) is 4.98 Å². The molecule has 0 aliphatic carbocycles. The predicted molar refractivity (Wildman–Crippen MR) is 48.2 cm³/mol. The molecule has 0 radical (unpaired) electrons.